The largest absolute Gasteiger partial charge is 0.478 e. The molecule has 2 aliphatic rings. The van der Waals surface area contributed by atoms with Crippen LogP contribution in [0.1, 0.15) is 34.7 Å². The summed E-state index contributed by atoms with van der Waals surface area (Å²) in [5.41, 5.74) is 3.73. The van der Waals surface area contributed by atoms with E-state index in [2.05, 4.69) is 16.0 Å². The van der Waals surface area contributed by atoms with Crippen molar-refractivity contribution in [2.75, 3.05) is 31.2 Å². The molecule has 1 aromatic heterocycles. The van der Waals surface area contributed by atoms with Crippen molar-refractivity contribution in [2.45, 2.75) is 18.8 Å². The predicted molar refractivity (Wildman–Crippen MR) is 83.7 cm³/mol. The van der Waals surface area contributed by atoms with Gasteiger partial charge in [0.15, 0.2) is 0 Å². The molecule has 0 radical (unpaired) electrons. The molecular formula is C17H18N2O3. The monoisotopic (exact) mass is 298 g/mol. The highest BCUT2D eigenvalue weighted by molar-refractivity contribution is 5.95. The molecule has 1 saturated heterocycles. The lowest BCUT2D eigenvalue weighted by molar-refractivity contribution is 0.0696. The van der Waals surface area contributed by atoms with Crippen molar-refractivity contribution in [1.29, 1.82) is 0 Å². The van der Waals surface area contributed by atoms with Gasteiger partial charge in [0, 0.05) is 35.9 Å². The number of morpholine rings is 1. The minimum atomic E-state index is -0.931. The predicted octanol–water partition coefficient (Wildman–Crippen LogP) is 2.65. The summed E-state index contributed by atoms with van der Waals surface area (Å²) in [6.07, 6.45) is 3.86. The SMILES string of the molecule is O=C(O)c1cnc2c(C3CC3)c(N3CCOCC3)ccc2c1. The second-order valence-electron chi connectivity index (χ2n) is 5.97. The Bertz CT molecular complexity index is 734. The number of rotatable bonds is 3. The van der Waals surface area contributed by atoms with Crippen LogP contribution in [0.25, 0.3) is 10.9 Å². The van der Waals surface area contributed by atoms with Crippen molar-refractivity contribution in [2.24, 2.45) is 0 Å². The lowest BCUT2D eigenvalue weighted by Crippen LogP contribution is -2.36. The van der Waals surface area contributed by atoms with Gasteiger partial charge < -0.3 is 14.7 Å². The molecule has 0 atom stereocenters. The Balaban J connectivity index is 1.85. The Morgan fingerprint density at radius 2 is 2.05 bits per heavy atom. The maximum Gasteiger partial charge on any atom is 0.337 e. The Labute approximate surface area is 128 Å². The van der Waals surface area contributed by atoms with Crippen molar-refractivity contribution < 1.29 is 14.6 Å². The van der Waals surface area contributed by atoms with E-state index in [1.165, 1.54) is 30.3 Å². The molecule has 4 rings (SSSR count). The third-order valence-corrected chi connectivity index (χ3v) is 4.45. The number of aromatic nitrogens is 1. The van der Waals surface area contributed by atoms with Gasteiger partial charge in [-0.3, -0.25) is 4.98 Å². The smallest absolute Gasteiger partial charge is 0.337 e. The molecule has 1 aliphatic heterocycles. The summed E-state index contributed by atoms with van der Waals surface area (Å²) in [6, 6.07) is 5.83. The van der Waals surface area contributed by atoms with E-state index in [1.54, 1.807) is 6.07 Å². The summed E-state index contributed by atoms with van der Waals surface area (Å²) < 4.78 is 5.44. The van der Waals surface area contributed by atoms with E-state index in [4.69, 9.17) is 9.84 Å². The van der Waals surface area contributed by atoms with Gasteiger partial charge >= 0.3 is 5.97 Å². The van der Waals surface area contributed by atoms with Gasteiger partial charge in [-0.15, -0.1) is 0 Å². The van der Waals surface area contributed by atoms with Crippen LogP contribution in [0.3, 0.4) is 0 Å². The third kappa shape index (κ3) is 2.31. The van der Waals surface area contributed by atoms with Crippen LogP contribution >= 0.6 is 0 Å². The van der Waals surface area contributed by atoms with Crippen molar-refractivity contribution >= 4 is 22.6 Å². The number of ether oxygens (including phenoxy) is 1. The first kappa shape index (κ1) is 13.5. The maximum absolute atomic E-state index is 11.1. The van der Waals surface area contributed by atoms with Gasteiger partial charge in [0.25, 0.3) is 0 Å². The van der Waals surface area contributed by atoms with Crippen molar-refractivity contribution in [3.63, 3.8) is 0 Å². The van der Waals surface area contributed by atoms with Crippen LogP contribution in [-0.4, -0.2) is 42.4 Å². The molecule has 2 fully saturated rings. The Morgan fingerprint density at radius 3 is 2.73 bits per heavy atom. The molecule has 0 spiro atoms. The molecule has 2 heterocycles. The third-order valence-electron chi connectivity index (χ3n) is 4.45. The van der Waals surface area contributed by atoms with Gasteiger partial charge in [-0.25, -0.2) is 4.79 Å². The quantitative estimate of drug-likeness (QED) is 0.944. The van der Waals surface area contributed by atoms with E-state index < -0.39 is 5.97 Å². The van der Waals surface area contributed by atoms with E-state index in [0.29, 0.717) is 5.92 Å². The highest BCUT2D eigenvalue weighted by atomic mass is 16.5. The lowest BCUT2D eigenvalue weighted by atomic mass is 10.0. The Morgan fingerprint density at radius 1 is 1.27 bits per heavy atom. The second-order valence-corrected chi connectivity index (χ2v) is 5.97. The summed E-state index contributed by atoms with van der Waals surface area (Å²) in [5.74, 6) is -0.371. The van der Waals surface area contributed by atoms with Crippen molar-refractivity contribution in [3.8, 4) is 0 Å². The number of benzene rings is 1. The van der Waals surface area contributed by atoms with E-state index in [1.807, 2.05) is 6.07 Å². The van der Waals surface area contributed by atoms with E-state index in [0.717, 1.165) is 37.2 Å². The number of carboxylic acid groups (broad SMARTS) is 1. The minimum Gasteiger partial charge on any atom is -0.478 e. The molecular weight excluding hydrogens is 280 g/mol. The molecule has 1 aromatic carbocycles. The molecule has 1 N–H and O–H groups in total. The van der Waals surface area contributed by atoms with E-state index >= 15 is 0 Å². The molecule has 0 unspecified atom stereocenters. The molecule has 5 nitrogen and oxygen atoms in total. The maximum atomic E-state index is 11.1. The fourth-order valence-electron chi connectivity index (χ4n) is 3.19. The van der Waals surface area contributed by atoms with Crippen molar-refractivity contribution in [1.82, 2.24) is 4.98 Å². The molecule has 22 heavy (non-hydrogen) atoms. The van der Waals surface area contributed by atoms with Crippen LogP contribution < -0.4 is 4.90 Å². The van der Waals surface area contributed by atoms with Gasteiger partial charge in [0.05, 0.1) is 24.3 Å². The molecule has 114 valence electrons. The van der Waals surface area contributed by atoms with Crippen LogP contribution in [0.4, 0.5) is 5.69 Å². The number of carboxylic acids is 1. The number of aromatic carboxylic acids is 1. The minimum absolute atomic E-state index is 0.244. The summed E-state index contributed by atoms with van der Waals surface area (Å²) in [4.78, 5) is 18.0. The van der Waals surface area contributed by atoms with Gasteiger partial charge in [-0.05, 0) is 30.9 Å². The molecule has 1 saturated carbocycles. The summed E-state index contributed by atoms with van der Waals surface area (Å²) >= 11 is 0. The zero-order valence-corrected chi connectivity index (χ0v) is 12.3. The fourth-order valence-corrected chi connectivity index (χ4v) is 3.19. The van der Waals surface area contributed by atoms with Crippen molar-refractivity contribution in [3.05, 3.63) is 35.5 Å². The Hall–Kier alpha value is -2.14. The zero-order chi connectivity index (χ0) is 15.1. The first-order valence-corrected chi connectivity index (χ1v) is 7.72. The van der Waals surface area contributed by atoms with Gasteiger partial charge in [-0.1, -0.05) is 6.07 Å². The molecule has 1 aliphatic carbocycles. The highest BCUT2D eigenvalue weighted by Crippen LogP contribution is 2.47. The van der Waals surface area contributed by atoms with Crippen LogP contribution in [-0.2, 0) is 4.74 Å². The molecule has 2 aromatic rings. The second kappa shape index (κ2) is 5.25. The molecule has 0 amide bonds. The average molecular weight is 298 g/mol. The number of pyridine rings is 1. The van der Waals surface area contributed by atoms with Crippen LogP contribution in [0.15, 0.2) is 24.4 Å². The Kier molecular flexibility index (Phi) is 3.22. The lowest BCUT2D eigenvalue weighted by Gasteiger charge is -2.31. The zero-order valence-electron chi connectivity index (χ0n) is 12.3. The van der Waals surface area contributed by atoms with Crippen LogP contribution in [0, 0.1) is 0 Å². The summed E-state index contributed by atoms with van der Waals surface area (Å²) in [7, 11) is 0. The van der Waals surface area contributed by atoms with E-state index in [-0.39, 0.29) is 5.56 Å². The number of fused-ring (bicyclic) bond motifs is 1. The fraction of sp³-hybridized carbons (Fsp3) is 0.412. The summed E-state index contributed by atoms with van der Waals surface area (Å²) in [5, 5.41) is 10.0. The van der Waals surface area contributed by atoms with Gasteiger partial charge in [0.1, 0.15) is 0 Å². The number of anilines is 1. The normalized spacial score (nSPS) is 18.6. The standard InChI is InChI=1S/C17H18N2O3/c20-17(21)13-9-12-3-4-14(19-5-7-22-8-6-19)15(11-1-2-11)16(12)18-10-13/h3-4,9-11H,1-2,5-8H2,(H,20,21). The summed E-state index contributed by atoms with van der Waals surface area (Å²) in [6.45, 7) is 3.32. The van der Waals surface area contributed by atoms with E-state index in [9.17, 15) is 4.79 Å². The van der Waals surface area contributed by atoms with Crippen LogP contribution in [0.2, 0.25) is 0 Å². The highest BCUT2D eigenvalue weighted by Gasteiger charge is 2.30. The van der Waals surface area contributed by atoms with Gasteiger partial charge in [0.2, 0.25) is 0 Å². The average Bonchev–Trinajstić information content (AvgIpc) is 3.38. The number of nitrogens with zero attached hydrogens (tertiary/aromatic N) is 2. The molecule has 0 bridgehead atoms. The van der Waals surface area contributed by atoms with Crippen LogP contribution in [0.5, 0.6) is 0 Å². The number of hydrogen-bond donors (Lipinski definition) is 1. The first-order chi connectivity index (χ1) is 10.7. The van der Waals surface area contributed by atoms with Gasteiger partial charge in [-0.2, -0.15) is 0 Å². The number of hydrogen-bond acceptors (Lipinski definition) is 4. The molecule has 5 heteroatoms. The first-order valence-electron chi connectivity index (χ1n) is 7.72. The topological polar surface area (TPSA) is 62.7 Å². The number of carbonyl (C=O) groups is 1.